The second-order valence-corrected chi connectivity index (χ2v) is 12.2. The normalized spacial score (nSPS) is 39.4. The summed E-state index contributed by atoms with van der Waals surface area (Å²) < 4.78 is 5.43. The fourth-order valence-corrected chi connectivity index (χ4v) is 7.85. The van der Waals surface area contributed by atoms with Crippen LogP contribution in [0.2, 0.25) is 0 Å². The Morgan fingerprint density at radius 1 is 0.621 bits per heavy atom. The van der Waals surface area contributed by atoms with Crippen molar-refractivity contribution in [3.63, 3.8) is 0 Å². The zero-order valence-electron chi connectivity index (χ0n) is 19.3. The highest BCUT2D eigenvalue weighted by atomic mass is 32.2. The molecule has 0 amide bonds. The molecule has 1 N–H and O–H groups in total. The fraction of sp³-hybridized carbons (Fsp3) is 1.00. The standard InChI is InChI=1S/C13H24OS.C13H24O/c1-10-2-6-12(7-3-10)15-13-8-4-11(14)5-9-13;1-14-13-9-7-12(8-10-13)11-5-3-2-4-6-11/h10-14H,2-9H2,1H3;11-13H,2-10H2,1H3. The van der Waals surface area contributed by atoms with Gasteiger partial charge in [-0.1, -0.05) is 39.0 Å². The van der Waals surface area contributed by atoms with Crippen molar-refractivity contribution in [1.29, 1.82) is 0 Å². The minimum atomic E-state index is 0.00762. The molecule has 0 bridgehead atoms. The second-order valence-electron chi connectivity index (χ2n) is 10.6. The number of hydrogen-bond donors (Lipinski definition) is 1. The van der Waals surface area contributed by atoms with Crippen LogP contribution in [0.15, 0.2) is 0 Å². The molecule has 3 heteroatoms. The van der Waals surface area contributed by atoms with Crippen LogP contribution in [-0.2, 0) is 4.74 Å². The minimum absolute atomic E-state index is 0.00762. The van der Waals surface area contributed by atoms with E-state index in [0.717, 1.165) is 41.1 Å². The molecule has 29 heavy (non-hydrogen) atoms. The molecular formula is C26H48O2S. The van der Waals surface area contributed by atoms with Gasteiger partial charge in [0.05, 0.1) is 12.2 Å². The first-order chi connectivity index (χ1) is 14.1. The maximum atomic E-state index is 9.46. The van der Waals surface area contributed by atoms with Gasteiger partial charge in [0, 0.05) is 17.6 Å². The number of rotatable bonds is 4. The second kappa shape index (κ2) is 13.0. The first-order valence-corrected chi connectivity index (χ1v) is 13.9. The lowest BCUT2D eigenvalue weighted by Crippen LogP contribution is -2.26. The molecule has 4 aliphatic rings. The molecule has 4 saturated carbocycles. The van der Waals surface area contributed by atoms with Gasteiger partial charge >= 0.3 is 0 Å². The van der Waals surface area contributed by atoms with E-state index in [0.29, 0.717) is 6.10 Å². The van der Waals surface area contributed by atoms with Crippen molar-refractivity contribution in [3.05, 3.63) is 0 Å². The zero-order chi connectivity index (χ0) is 20.5. The van der Waals surface area contributed by atoms with Gasteiger partial charge in [0.1, 0.15) is 0 Å². The SMILES string of the molecule is CC1CCC(SC2CCC(O)CC2)CC1.COC1CCC(C2CCCCC2)CC1. The van der Waals surface area contributed by atoms with Crippen LogP contribution in [0.25, 0.3) is 0 Å². The number of ether oxygens (including phenoxy) is 1. The Balaban J connectivity index is 0.000000166. The number of thioether (sulfide) groups is 1. The molecular weight excluding hydrogens is 376 g/mol. The van der Waals surface area contributed by atoms with Crippen molar-refractivity contribution in [2.45, 2.75) is 139 Å². The summed E-state index contributed by atoms with van der Waals surface area (Å²) >= 11 is 2.23. The Bertz CT molecular complexity index is 392. The van der Waals surface area contributed by atoms with Gasteiger partial charge in [-0.05, 0) is 94.8 Å². The Hall–Kier alpha value is 0.270. The molecule has 0 radical (unpaired) electrons. The van der Waals surface area contributed by atoms with Gasteiger partial charge in [0.2, 0.25) is 0 Å². The predicted molar refractivity (Wildman–Crippen MR) is 127 cm³/mol. The maximum Gasteiger partial charge on any atom is 0.0571 e. The molecule has 0 heterocycles. The van der Waals surface area contributed by atoms with Crippen LogP contribution in [0.4, 0.5) is 0 Å². The zero-order valence-corrected chi connectivity index (χ0v) is 20.1. The van der Waals surface area contributed by atoms with Crippen LogP contribution in [-0.4, -0.2) is 34.9 Å². The van der Waals surface area contributed by atoms with Gasteiger partial charge in [-0.15, -0.1) is 0 Å². The summed E-state index contributed by atoms with van der Waals surface area (Å²) in [5.41, 5.74) is 0. The van der Waals surface area contributed by atoms with Gasteiger partial charge < -0.3 is 9.84 Å². The van der Waals surface area contributed by atoms with E-state index in [1.807, 2.05) is 7.11 Å². The average molecular weight is 425 g/mol. The summed E-state index contributed by atoms with van der Waals surface area (Å²) in [6, 6.07) is 0. The summed E-state index contributed by atoms with van der Waals surface area (Å²) in [4.78, 5) is 0. The first-order valence-electron chi connectivity index (χ1n) is 13.0. The van der Waals surface area contributed by atoms with Crippen molar-refractivity contribution < 1.29 is 9.84 Å². The fourth-order valence-electron chi connectivity index (χ4n) is 6.22. The van der Waals surface area contributed by atoms with E-state index >= 15 is 0 Å². The average Bonchev–Trinajstić information content (AvgIpc) is 2.78. The van der Waals surface area contributed by atoms with Crippen molar-refractivity contribution in [1.82, 2.24) is 0 Å². The van der Waals surface area contributed by atoms with Gasteiger partial charge in [0.15, 0.2) is 0 Å². The lowest BCUT2D eigenvalue weighted by Gasteiger charge is -2.35. The largest absolute Gasteiger partial charge is 0.393 e. The lowest BCUT2D eigenvalue weighted by atomic mass is 9.73. The van der Waals surface area contributed by atoms with Gasteiger partial charge in [0.25, 0.3) is 0 Å². The molecule has 0 aromatic rings. The molecule has 0 aliphatic heterocycles. The van der Waals surface area contributed by atoms with Crippen LogP contribution in [0.1, 0.15) is 116 Å². The van der Waals surface area contributed by atoms with E-state index in [4.69, 9.17) is 4.74 Å². The van der Waals surface area contributed by atoms with E-state index in [2.05, 4.69) is 18.7 Å². The molecule has 0 spiro atoms. The van der Waals surface area contributed by atoms with Crippen LogP contribution in [0, 0.1) is 17.8 Å². The smallest absolute Gasteiger partial charge is 0.0571 e. The van der Waals surface area contributed by atoms with Crippen LogP contribution < -0.4 is 0 Å². The quantitative estimate of drug-likeness (QED) is 0.510. The third-order valence-corrected chi connectivity index (χ3v) is 10.1. The minimum Gasteiger partial charge on any atom is -0.393 e. The van der Waals surface area contributed by atoms with Gasteiger partial charge in [-0.2, -0.15) is 11.8 Å². The van der Waals surface area contributed by atoms with E-state index < -0.39 is 0 Å². The van der Waals surface area contributed by atoms with Crippen molar-refractivity contribution in [2.24, 2.45) is 17.8 Å². The molecule has 0 aromatic heterocycles. The highest BCUT2D eigenvalue weighted by molar-refractivity contribution is 8.00. The topological polar surface area (TPSA) is 29.5 Å². The summed E-state index contributed by atoms with van der Waals surface area (Å²) in [5.74, 6) is 3.08. The predicted octanol–water partition coefficient (Wildman–Crippen LogP) is 7.37. The summed E-state index contributed by atoms with van der Waals surface area (Å²) in [5, 5.41) is 11.2. The Labute approximate surface area is 185 Å². The van der Waals surface area contributed by atoms with Crippen LogP contribution >= 0.6 is 11.8 Å². The highest BCUT2D eigenvalue weighted by Crippen LogP contribution is 2.39. The molecule has 0 atom stereocenters. The number of hydrogen-bond acceptors (Lipinski definition) is 3. The first kappa shape index (κ1) is 23.9. The molecule has 0 saturated heterocycles. The molecule has 4 rings (SSSR count). The summed E-state index contributed by atoms with van der Waals surface area (Å²) in [6.07, 6.45) is 23.9. The number of aliphatic hydroxyl groups is 1. The van der Waals surface area contributed by atoms with Gasteiger partial charge in [-0.3, -0.25) is 0 Å². The highest BCUT2D eigenvalue weighted by Gasteiger charge is 2.28. The van der Waals surface area contributed by atoms with Gasteiger partial charge in [-0.25, -0.2) is 0 Å². The molecule has 0 unspecified atom stereocenters. The monoisotopic (exact) mass is 424 g/mol. The number of methoxy groups -OCH3 is 1. The third kappa shape index (κ3) is 8.37. The molecule has 2 nitrogen and oxygen atoms in total. The lowest BCUT2D eigenvalue weighted by molar-refractivity contribution is 0.0418. The molecule has 4 aliphatic carbocycles. The van der Waals surface area contributed by atoms with E-state index in [9.17, 15) is 5.11 Å². The maximum absolute atomic E-state index is 9.46. The Morgan fingerprint density at radius 2 is 1.14 bits per heavy atom. The molecule has 170 valence electrons. The van der Waals surface area contributed by atoms with Crippen LogP contribution in [0.3, 0.4) is 0 Å². The number of aliphatic hydroxyl groups excluding tert-OH is 1. The summed E-state index contributed by atoms with van der Waals surface area (Å²) in [6.45, 7) is 2.39. The van der Waals surface area contributed by atoms with Crippen molar-refractivity contribution in [2.75, 3.05) is 7.11 Å². The molecule has 0 aromatic carbocycles. The third-order valence-electron chi connectivity index (χ3n) is 8.36. The van der Waals surface area contributed by atoms with E-state index in [1.54, 1.807) is 0 Å². The molecule has 4 fully saturated rings. The Kier molecular flexibility index (Phi) is 10.7. The van der Waals surface area contributed by atoms with Crippen LogP contribution in [0.5, 0.6) is 0 Å². The van der Waals surface area contributed by atoms with Crippen molar-refractivity contribution >= 4 is 11.8 Å². The van der Waals surface area contributed by atoms with E-state index in [-0.39, 0.29) is 6.10 Å². The van der Waals surface area contributed by atoms with Crippen molar-refractivity contribution in [3.8, 4) is 0 Å². The summed E-state index contributed by atoms with van der Waals surface area (Å²) in [7, 11) is 1.87. The van der Waals surface area contributed by atoms with E-state index in [1.165, 1.54) is 96.3 Å². The Morgan fingerprint density at radius 3 is 1.69 bits per heavy atom.